The summed E-state index contributed by atoms with van der Waals surface area (Å²) in [5.41, 5.74) is 0. The second-order valence-electron chi connectivity index (χ2n) is 7.42. The molecule has 8 heteroatoms. The lowest BCUT2D eigenvalue weighted by atomic mass is 9.84. The molecular formula is C18H34IN5O2. The van der Waals surface area contributed by atoms with Crippen molar-refractivity contribution in [2.24, 2.45) is 10.9 Å². The number of nitrogens with one attached hydrogen (secondary N) is 1. The van der Waals surface area contributed by atoms with Gasteiger partial charge in [0.1, 0.15) is 0 Å². The van der Waals surface area contributed by atoms with Gasteiger partial charge in [-0.3, -0.25) is 14.7 Å². The quantitative estimate of drug-likeness (QED) is 0.343. The predicted octanol–water partition coefficient (Wildman–Crippen LogP) is 0.581. The minimum Gasteiger partial charge on any atom is -0.391 e. The van der Waals surface area contributed by atoms with Gasteiger partial charge in [-0.25, -0.2) is 0 Å². The van der Waals surface area contributed by atoms with Crippen molar-refractivity contribution >= 4 is 35.8 Å². The monoisotopic (exact) mass is 479 g/mol. The number of rotatable bonds is 5. The van der Waals surface area contributed by atoms with Gasteiger partial charge >= 0.3 is 0 Å². The van der Waals surface area contributed by atoms with Gasteiger partial charge in [0.2, 0.25) is 5.91 Å². The van der Waals surface area contributed by atoms with Gasteiger partial charge in [-0.15, -0.1) is 24.0 Å². The van der Waals surface area contributed by atoms with Crippen LogP contribution in [0.4, 0.5) is 0 Å². The lowest BCUT2D eigenvalue weighted by molar-refractivity contribution is -0.139. The summed E-state index contributed by atoms with van der Waals surface area (Å²) in [5, 5.41) is 13.0. The van der Waals surface area contributed by atoms with Gasteiger partial charge in [0.25, 0.3) is 0 Å². The summed E-state index contributed by atoms with van der Waals surface area (Å²) in [5.74, 6) is 1.61. The smallest absolute Gasteiger partial charge is 0.225 e. The van der Waals surface area contributed by atoms with Crippen LogP contribution >= 0.6 is 24.0 Å². The van der Waals surface area contributed by atoms with Crippen LogP contribution in [0.3, 0.4) is 0 Å². The molecule has 3 fully saturated rings. The molecule has 150 valence electrons. The second kappa shape index (κ2) is 10.7. The number of likely N-dealkylation sites (tertiary alicyclic amines) is 1. The molecule has 26 heavy (non-hydrogen) atoms. The topological polar surface area (TPSA) is 71.4 Å². The Morgan fingerprint density at radius 1 is 1.12 bits per heavy atom. The first kappa shape index (κ1) is 21.7. The molecule has 1 aliphatic carbocycles. The van der Waals surface area contributed by atoms with Gasteiger partial charge in [0.15, 0.2) is 5.96 Å². The molecule has 2 saturated heterocycles. The Bertz CT molecular complexity index is 478. The van der Waals surface area contributed by atoms with Gasteiger partial charge < -0.3 is 20.2 Å². The number of halogens is 1. The molecule has 2 heterocycles. The van der Waals surface area contributed by atoms with E-state index in [2.05, 4.69) is 26.9 Å². The van der Waals surface area contributed by atoms with Crippen molar-refractivity contribution < 1.29 is 9.90 Å². The fourth-order valence-electron chi connectivity index (χ4n) is 3.76. The van der Waals surface area contributed by atoms with Crippen LogP contribution in [0.5, 0.6) is 0 Å². The highest BCUT2D eigenvalue weighted by Crippen LogP contribution is 2.28. The Balaban J connectivity index is 0.00000243. The van der Waals surface area contributed by atoms with Crippen LogP contribution in [0.15, 0.2) is 4.99 Å². The molecule has 7 nitrogen and oxygen atoms in total. The predicted molar refractivity (Wildman–Crippen MR) is 114 cm³/mol. The molecule has 3 aliphatic rings. The van der Waals surface area contributed by atoms with Crippen molar-refractivity contribution in [2.75, 3.05) is 58.9 Å². The number of guanidine groups is 1. The molecule has 0 radical (unpaired) electrons. The minimum atomic E-state index is -0.231. The summed E-state index contributed by atoms with van der Waals surface area (Å²) < 4.78 is 0. The van der Waals surface area contributed by atoms with Gasteiger partial charge in [0, 0.05) is 58.3 Å². The third-order valence-corrected chi connectivity index (χ3v) is 5.61. The summed E-state index contributed by atoms with van der Waals surface area (Å²) in [6.07, 6.45) is 3.99. The highest BCUT2D eigenvalue weighted by atomic mass is 127. The zero-order valence-electron chi connectivity index (χ0n) is 15.9. The zero-order chi connectivity index (χ0) is 17.6. The Kier molecular flexibility index (Phi) is 8.89. The molecule has 2 aliphatic heterocycles. The Labute approximate surface area is 174 Å². The highest BCUT2D eigenvalue weighted by molar-refractivity contribution is 14.0. The van der Waals surface area contributed by atoms with Crippen LogP contribution in [0.25, 0.3) is 0 Å². The van der Waals surface area contributed by atoms with E-state index in [-0.39, 0.29) is 30.1 Å². The lowest BCUT2D eigenvalue weighted by Gasteiger charge is -2.38. The van der Waals surface area contributed by atoms with Crippen LogP contribution in [0, 0.1) is 5.92 Å². The molecule has 0 aromatic heterocycles. The molecular weight excluding hydrogens is 445 g/mol. The van der Waals surface area contributed by atoms with Crippen LogP contribution in [-0.4, -0.2) is 96.7 Å². The van der Waals surface area contributed by atoms with E-state index in [1.165, 1.54) is 6.42 Å². The van der Waals surface area contributed by atoms with E-state index in [0.717, 1.165) is 77.6 Å². The van der Waals surface area contributed by atoms with E-state index < -0.39 is 0 Å². The summed E-state index contributed by atoms with van der Waals surface area (Å²) in [6, 6.07) is 0. The van der Waals surface area contributed by atoms with E-state index in [1.807, 2.05) is 0 Å². The van der Waals surface area contributed by atoms with Crippen molar-refractivity contribution in [3.63, 3.8) is 0 Å². The summed E-state index contributed by atoms with van der Waals surface area (Å²) >= 11 is 0. The number of β-amino-alcohol motifs (C(OH)–C–C–N with tert-alkyl or cyclic N) is 1. The average molecular weight is 479 g/mol. The fraction of sp³-hybridized carbons (Fsp3) is 0.889. The number of carbonyl (C=O) groups excluding carboxylic acids is 1. The Morgan fingerprint density at radius 3 is 2.38 bits per heavy atom. The van der Waals surface area contributed by atoms with Crippen molar-refractivity contribution in [3.05, 3.63) is 0 Å². The maximum absolute atomic E-state index is 12.3. The second-order valence-corrected chi connectivity index (χ2v) is 7.42. The third-order valence-electron chi connectivity index (χ3n) is 5.61. The summed E-state index contributed by atoms with van der Waals surface area (Å²) in [4.78, 5) is 23.6. The van der Waals surface area contributed by atoms with E-state index in [4.69, 9.17) is 4.99 Å². The van der Waals surface area contributed by atoms with Gasteiger partial charge in [0.05, 0.1) is 12.6 Å². The van der Waals surface area contributed by atoms with E-state index in [0.29, 0.717) is 18.4 Å². The number of aliphatic hydroxyl groups excluding tert-OH is 1. The zero-order valence-corrected chi connectivity index (χ0v) is 18.2. The van der Waals surface area contributed by atoms with E-state index in [1.54, 1.807) is 0 Å². The van der Waals surface area contributed by atoms with Gasteiger partial charge in [-0.2, -0.15) is 0 Å². The number of piperazine rings is 1. The molecule has 0 spiro atoms. The third kappa shape index (κ3) is 5.69. The fourth-order valence-corrected chi connectivity index (χ4v) is 3.76. The van der Waals surface area contributed by atoms with E-state index >= 15 is 0 Å². The molecule has 0 unspecified atom stereocenters. The van der Waals surface area contributed by atoms with Crippen molar-refractivity contribution in [3.8, 4) is 0 Å². The van der Waals surface area contributed by atoms with Crippen LogP contribution in [0.2, 0.25) is 0 Å². The van der Waals surface area contributed by atoms with Gasteiger partial charge in [-0.1, -0.05) is 6.42 Å². The molecule has 1 amide bonds. The lowest BCUT2D eigenvalue weighted by Crippen LogP contribution is -2.51. The minimum absolute atomic E-state index is 0. The molecule has 0 aromatic carbocycles. The summed E-state index contributed by atoms with van der Waals surface area (Å²) in [6.45, 7) is 9.76. The van der Waals surface area contributed by atoms with Crippen molar-refractivity contribution in [1.29, 1.82) is 0 Å². The highest BCUT2D eigenvalue weighted by Gasteiger charge is 2.31. The maximum Gasteiger partial charge on any atom is 0.225 e. The standard InChI is InChI=1S/C18H33N5O2.HI/c1-2-19-18(23-8-6-16(24)14-23)20-7-9-21-10-12-22(13-11-21)17(25)15-4-3-5-15;/h15-16,24H,2-14H2,1H3,(H,19,20);1H/t16-;/m1./s1. The van der Waals surface area contributed by atoms with Crippen molar-refractivity contribution in [2.45, 2.75) is 38.7 Å². The molecule has 0 bridgehead atoms. The number of aliphatic imine (C=N–C) groups is 1. The van der Waals surface area contributed by atoms with Crippen LogP contribution in [-0.2, 0) is 4.79 Å². The number of aliphatic hydroxyl groups is 1. The molecule has 1 atom stereocenters. The first-order valence-electron chi connectivity index (χ1n) is 9.90. The van der Waals surface area contributed by atoms with Crippen LogP contribution in [0.1, 0.15) is 32.6 Å². The number of carbonyl (C=O) groups is 1. The number of hydrogen-bond acceptors (Lipinski definition) is 4. The number of hydrogen-bond donors (Lipinski definition) is 2. The first-order valence-corrected chi connectivity index (χ1v) is 9.90. The molecule has 2 N–H and O–H groups in total. The van der Waals surface area contributed by atoms with Gasteiger partial charge in [-0.05, 0) is 26.2 Å². The molecule has 3 rings (SSSR count). The van der Waals surface area contributed by atoms with E-state index in [9.17, 15) is 9.90 Å². The molecule has 1 saturated carbocycles. The first-order chi connectivity index (χ1) is 12.2. The largest absolute Gasteiger partial charge is 0.391 e. The normalized spacial score (nSPS) is 25.0. The molecule has 0 aromatic rings. The Hall–Kier alpha value is -0.610. The number of amides is 1. The SMILES string of the molecule is CCNC(=NCCN1CCN(C(=O)C2CCC2)CC1)N1CC[C@@H](O)C1.I. The maximum atomic E-state index is 12.3. The number of nitrogens with zero attached hydrogens (tertiary/aromatic N) is 4. The van der Waals surface area contributed by atoms with Crippen LogP contribution < -0.4 is 5.32 Å². The summed E-state index contributed by atoms with van der Waals surface area (Å²) in [7, 11) is 0. The van der Waals surface area contributed by atoms with Crippen molar-refractivity contribution in [1.82, 2.24) is 20.0 Å². The average Bonchev–Trinajstić information content (AvgIpc) is 2.99. The Morgan fingerprint density at radius 2 is 1.85 bits per heavy atom.